The van der Waals surface area contributed by atoms with Gasteiger partial charge in [0, 0.05) is 13.3 Å². The lowest BCUT2D eigenvalue weighted by atomic mass is 9.95. The normalized spacial score (nSPS) is 13.6. The highest BCUT2D eigenvalue weighted by Crippen LogP contribution is 2.22. The highest BCUT2D eigenvalue weighted by atomic mass is 32.2. The monoisotopic (exact) mass is 438 g/mol. The van der Waals surface area contributed by atoms with Gasteiger partial charge in [-0.2, -0.15) is 0 Å². The van der Waals surface area contributed by atoms with Crippen LogP contribution in [0.4, 0.5) is 0 Å². The van der Waals surface area contributed by atoms with E-state index in [-0.39, 0.29) is 16.4 Å². The molecule has 1 aromatic carbocycles. The van der Waals surface area contributed by atoms with Gasteiger partial charge >= 0.3 is 5.97 Å². The van der Waals surface area contributed by atoms with Crippen LogP contribution in [0.3, 0.4) is 0 Å². The van der Waals surface area contributed by atoms with Crippen molar-refractivity contribution in [2.75, 3.05) is 5.75 Å². The standard InChI is InChI=1S/C24H38O5S/c1-5-6-7-8-9-10-11-12-13-24(26)23(20(3)29-21(4)25)18-30(27,28)22-16-14-19(2)15-17-22/h14-17,20,23H,5-13,18H2,1-4H3/t20-,23-/m1/s1. The Labute approximate surface area is 182 Å². The van der Waals surface area contributed by atoms with Crippen molar-refractivity contribution in [2.24, 2.45) is 5.92 Å². The number of Topliss-reactive ketones (excluding diaryl/α,β-unsaturated/α-hetero) is 1. The van der Waals surface area contributed by atoms with Crippen molar-refractivity contribution in [2.45, 2.75) is 96.5 Å². The van der Waals surface area contributed by atoms with Crippen LogP contribution in [0.5, 0.6) is 0 Å². The lowest BCUT2D eigenvalue weighted by Crippen LogP contribution is -2.35. The van der Waals surface area contributed by atoms with Crippen LogP contribution in [0.15, 0.2) is 29.2 Å². The molecule has 0 heterocycles. The minimum atomic E-state index is -3.66. The zero-order valence-electron chi connectivity index (χ0n) is 19.0. The zero-order chi connectivity index (χ0) is 22.6. The molecule has 5 nitrogen and oxygen atoms in total. The molecule has 0 amide bonds. The van der Waals surface area contributed by atoms with Crippen molar-refractivity contribution in [3.63, 3.8) is 0 Å². The summed E-state index contributed by atoms with van der Waals surface area (Å²) < 4.78 is 30.9. The van der Waals surface area contributed by atoms with Gasteiger partial charge in [-0.15, -0.1) is 0 Å². The maximum Gasteiger partial charge on any atom is 0.302 e. The number of ketones is 1. The van der Waals surface area contributed by atoms with E-state index >= 15 is 0 Å². The molecule has 0 fully saturated rings. The topological polar surface area (TPSA) is 77.5 Å². The number of esters is 1. The van der Waals surface area contributed by atoms with E-state index in [0.29, 0.717) is 6.42 Å². The minimum Gasteiger partial charge on any atom is -0.462 e. The Morgan fingerprint density at radius 3 is 2.00 bits per heavy atom. The van der Waals surface area contributed by atoms with E-state index in [1.807, 2.05) is 6.92 Å². The van der Waals surface area contributed by atoms with E-state index < -0.39 is 27.8 Å². The van der Waals surface area contributed by atoms with Crippen molar-refractivity contribution >= 4 is 21.6 Å². The van der Waals surface area contributed by atoms with Crippen molar-refractivity contribution < 1.29 is 22.7 Å². The van der Waals surface area contributed by atoms with E-state index in [1.165, 1.54) is 39.0 Å². The summed E-state index contributed by atoms with van der Waals surface area (Å²) in [7, 11) is -3.66. The van der Waals surface area contributed by atoms with Gasteiger partial charge in [0.15, 0.2) is 9.84 Å². The summed E-state index contributed by atoms with van der Waals surface area (Å²) in [5.41, 5.74) is 0.963. The summed E-state index contributed by atoms with van der Waals surface area (Å²) in [4.78, 5) is 24.4. The molecule has 0 aliphatic rings. The van der Waals surface area contributed by atoms with E-state index in [2.05, 4.69) is 6.92 Å². The Balaban J connectivity index is 2.69. The van der Waals surface area contributed by atoms with Crippen LogP contribution in [0.25, 0.3) is 0 Å². The first kappa shape index (κ1) is 26.3. The van der Waals surface area contributed by atoms with Gasteiger partial charge in [-0.05, 0) is 32.4 Å². The molecule has 0 aromatic heterocycles. The predicted molar refractivity (Wildman–Crippen MR) is 120 cm³/mol. The molecule has 0 aliphatic heterocycles. The van der Waals surface area contributed by atoms with Crippen LogP contribution in [0, 0.1) is 12.8 Å². The van der Waals surface area contributed by atoms with E-state index in [1.54, 1.807) is 31.2 Å². The fraction of sp³-hybridized carbons (Fsp3) is 0.667. The molecule has 0 saturated carbocycles. The number of rotatable bonds is 15. The fourth-order valence-corrected chi connectivity index (χ4v) is 5.20. The van der Waals surface area contributed by atoms with Gasteiger partial charge in [-0.25, -0.2) is 8.42 Å². The Kier molecular flexibility index (Phi) is 11.9. The molecule has 0 bridgehead atoms. The second-order valence-corrected chi connectivity index (χ2v) is 10.2. The number of sulfone groups is 1. The Morgan fingerprint density at radius 2 is 1.47 bits per heavy atom. The Bertz CT molecular complexity index is 752. The minimum absolute atomic E-state index is 0.148. The van der Waals surface area contributed by atoms with E-state index in [0.717, 1.165) is 24.8 Å². The number of hydrogen-bond acceptors (Lipinski definition) is 5. The number of hydrogen-bond donors (Lipinski definition) is 0. The summed E-state index contributed by atoms with van der Waals surface area (Å²) in [5, 5.41) is 0. The van der Waals surface area contributed by atoms with Crippen molar-refractivity contribution in [1.82, 2.24) is 0 Å². The van der Waals surface area contributed by atoms with Gasteiger partial charge in [0.2, 0.25) is 0 Å². The van der Waals surface area contributed by atoms with Gasteiger partial charge in [0.05, 0.1) is 16.6 Å². The largest absolute Gasteiger partial charge is 0.462 e. The first-order chi connectivity index (χ1) is 14.2. The van der Waals surface area contributed by atoms with Crippen LogP contribution in [-0.4, -0.2) is 32.0 Å². The third-order valence-electron chi connectivity index (χ3n) is 5.39. The van der Waals surface area contributed by atoms with Crippen LogP contribution < -0.4 is 0 Å². The van der Waals surface area contributed by atoms with Crippen LogP contribution in [-0.2, 0) is 24.2 Å². The molecule has 170 valence electrons. The summed E-state index contributed by atoms with van der Waals surface area (Å²) in [6, 6.07) is 6.59. The first-order valence-corrected chi connectivity index (χ1v) is 12.8. The van der Waals surface area contributed by atoms with Gasteiger partial charge in [-0.1, -0.05) is 69.6 Å². The maximum atomic E-state index is 12.9. The molecular formula is C24H38O5S. The Hall–Kier alpha value is -1.69. The second kappa shape index (κ2) is 13.6. The lowest BCUT2D eigenvalue weighted by molar-refractivity contribution is -0.149. The summed E-state index contributed by atoms with van der Waals surface area (Å²) in [5.74, 6) is -1.87. The molecule has 0 unspecified atom stereocenters. The quantitative estimate of drug-likeness (QED) is 0.269. The number of benzene rings is 1. The molecule has 0 spiro atoms. The van der Waals surface area contributed by atoms with Gasteiger partial charge in [0.25, 0.3) is 0 Å². The van der Waals surface area contributed by atoms with Gasteiger partial charge in [0.1, 0.15) is 11.9 Å². The molecule has 2 atom stereocenters. The van der Waals surface area contributed by atoms with Crippen LogP contribution in [0.2, 0.25) is 0 Å². The average molecular weight is 439 g/mol. The predicted octanol–water partition coefficient (Wildman–Crippen LogP) is 5.44. The highest BCUT2D eigenvalue weighted by Gasteiger charge is 2.32. The smallest absolute Gasteiger partial charge is 0.302 e. The van der Waals surface area contributed by atoms with Crippen molar-refractivity contribution in [3.8, 4) is 0 Å². The highest BCUT2D eigenvalue weighted by molar-refractivity contribution is 7.91. The van der Waals surface area contributed by atoms with E-state index in [4.69, 9.17) is 4.74 Å². The molecule has 0 radical (unpaired) electrons. The summed E-state index contributed by atoms with van der Waals surface area (Å²) in [6.45, 7) is 6.95. The molecule has 6 heteroatoms. The fourth-order valence-electron chi connectivity index (χ4n) is 3.53. The summed E-state index contributed by atoms with van der Waals surface area (Å²) >= 11 is 0. The summed E-state index contributed by atoms with van der Waals surface area (Å²) in [6.07, 6.45) is 8.46. The molecule has 0 aliphatic carbocycles. The van der Waals surface area contributed by atoms with Gasteiger partial charge < -0.3 is 4.74 Å². The SMILES string of the molecule is CCCCCCCCCCC(=O)[C@H](CS(=O)(=O)c1ccc(C)cc1)[C@@H](C)OC(C)=O. The number of ether oxygens (including phenoxy) is 1. The third-order valence-corrected chi connectivity index (χ3v) is 7.18. The van der Waals surface area contributed by atoms with Gasteiger partial charge in [-0.3, -0.25) is 9.59 Å². The van der Waals surface area contributed by atoms with Crippen LogP contribution >= 0.6 is 0 Å². The van der Waals surface area contributed by atoms with Crippen LogP contribution in [0.1, 0.15) is 84.1 Å². The zero-order valence-corrected chi connectivity index (χ0v) is 19.8. The average Bonchev–Trinajstić information content (AvgIpc) is 2.67. The molecule has 0 saturated heterocycles. The molecule has 0 N–H and O–H groups in total. The number of unbranched alkanes of at least 4 members (excludes halogenated alkanes) is 7. The molecular weight excluding hydrogens is 400 g/mol. The van der Waals surface area contributed by atoms with E-state index in [9.17, 15) is 18.0 Å². The second-order valence-electron chi connectivity index (χ2n) is 8.21. The van der Waals surface area contributed by atoms with Crippen molar-refractivity contribution in [3.05, 3.63) is 29.8 Å². The van der Waals surface area contributed by atoms with Crippen molar-refractivity contribution in [1.29, 1.82) is 0 Å². The third kappa shape index (κ3) is 9.88. The molecule has 30 heavy (non-hydrogen) atoms. The Morgan fingerprint density at radius 1 is 0.933 bits per heavy atom. The molecule has 1 aromatic rings. The molecule has 1 rings (SSSR count). The maximum absolute atomic E-state index is 12.9. The number of carbonyl (C=O) groups excluding carboxylic acids is 2. The first-order valence-electron chi connectivity index (χ1n) is 11.2. The number of aryl methyl sites for hydroxylation is 1. The lowest BCUT2D eigenvalue weighted by Gasteiger charge is -2.22. The number of carbonyl (C=O) groups is 2.